The Morgan fingerprint density at radius 1 is 1.42 bits per heavy atom. The van der Waals surface area contributed by atoms with E-state index in [2.05, 4.69) is 10.1 Å². The minimum atomic E-state index is -1.15. The molecule has 2 heterocycles. The van der Waals surface area contributed by atoms with Gasteiger partial charge in [0.25, 0.3) is 0 Å². The van der Waals surface area contributed by atoms with Crippen LogP contribution in [0.4, 0.5) is 4.39 Å². The van der Waals surface area contributed by atoms with Crippen molar-refractivity contribution in [2.24, 2.45) is 0 Å². The van der Waals surface area contributed by atoms with E-state index in [0.29, 0.717) is 12.1 Å². The Morgan fingerprint density at radius 2 is 2.16 bits per heavy atom. The first kappa shape index (κ1) is 13.7. The molecule has 0 spiro atoms. The van der Waals surface area contributed by atoms with Gasteiger partial charge in [-0.2, -0.15) is 5.10 Å². The van der Waals surface area contributed by atoms with Crippen LogP contribution in [0.3, 0.4) is 0 Å². The van der Waals surface area contributed by atoms with Crippen LogP contribution in [0.1, 0.15) is 30.9 Å². The lowest BCUT2D eigenvalue weighted by atomic mass is 9.95. The van der Waals surface area contributed by atoms with Crippen LogP contribution in [-0.4, -0.2) is 19.9 Å². The van der Waals surface area contributed by atoms with Crippen molar-refractivity contribution in [2.45, 2.75) is 39.3 Å². The van der Waals surface area contributed by atoms with E-state index in [9.17, 15) is 9.50 Å². The highest BCUT2D eigenvalue weighted by molar-refractivity contribution is 5.18. The molecule has 4 nitrogen and oxygen atoms in total. The van der Waals surface area contributed by atoms with Gasteiger partial charge in [-0.3, -0.25) is 9.67 Å². The fourth-order valence-corrected chi connectivity index (χ4v) is 2.15. The number of hydrogen-bond acceptors (Lipinski definition) is 3. The smallest absolute Gasteiger partial charge is 0.141 e. The van der Waals surface area contributed by atoms with E-state index in [0.717, 1.165) is 24.1 Å². The predicted octanol–water partition coefficient (Wildman–Crippen LogP) is 2.20. The van der Waals surface area contributed by atoms with Gasteiger partial charge in [0, 0.05) is 18.7 Å². The number of rotatable bonds is 4. The van der Waals surface area contributed by atoms with Crippen molar-refractivity contribution >= 4 is 0 Å². The van der Waals surface area contributed by atoms with Crippen LogP contribution < -0.4 is 0 Å². The molecule has 2 rings (SSSR count). The summed E-state index contributed by atoms with van der Waals surface area (Å²) in [4.78, 5) is 3.95. The lowest BCUT2D eigenvalue weighted by Gasteiger charge is -2.22. The summed E-state index contributed by atoms with van der Waals surface area (Å²) in [7, 11) is 0. The van der Waals surface area contributed by atoms with E-state index in [1.54, 1.807) is 6.92 Å². The third-order valence-electron chi connectivity index (χ3n) is 3.09. The molecule has 0 aliphatic carbocycles. The topological polar surface area (TPSA) is 50.9 Å². The summed E-state index contributed by atoms with van der Waals surface area (Å²) >= 11 is 0. The fraction of sp³-hybridized carbons (Fsp3) is 0.429. The standard InChI is InChI=1S/C14H18FN3O/c1-4-18-12(7-10(2)17-18)8-14(3,19)13-6-5-11(15)9-16-13/h5-7,9,19H,4,8H2,1-3H3. The third-order valence-corrected chi connectivity index (χ3v) is 3.09. The number of pyridine rings is 1. The largest absolute Gasteiger partial charge is 0.383 e. The van der Waals surface area contributed by atoms with Crippen LogP contribution in [0.15, 0.2) is 24.4 Å². The Hall–Kier alpha value is -1.75. The predicted molar refractivity (Wildman–Crippen MR) is 70.1 cm³/mol. The zero-order valence-electron chi connectivity index (χ0n) is 11.4. The van der Waals surface area contributed by atoms with Crippen molar-refractivity contribution < 1.29 is 9.50 Å². The first-order chi connectivity index (χ1) is 8.92. The van der Waals surface area contributed by atoms with Crippen molar-refractivity contribution in [1.29, 1.82) is 0 Å². The first-order valence-corrected chi connectivity index (χ1v) is 6.30. The number of aliphatic hydroxyl groups is 1. The van der Waals surface area contributed by atoms with Crippen LogP contribution in [0.2, 0.25) is 0 Å². The van der Waals surface area contributed by atoms with E-state index in [1.165, 1.54) is 12.1 Å². The second kappa shape index (κ2) is 5.09. The second-order valence-electron chi connectivity index (χ2n) is 4.91. The maximum Gasteiger partial charge on any atom is 0.141 e. The monoisotopic (exact) mass is 263 g/mol. The summed E-state index contributed by atoms with van der Waals surface area (Å²) in [6.07, 6.45) is 1.51. The molecule has 1 N–H and O–H groups in total. The molecule has 0 aromatic carbocycles. The van der Waals surface area contributed by atoms with Gasteiger partial charge >= 0.3 is 0 Å². The summed E-state index contributed by atoms with van der Waals surface area (Å²) in [6, 6.07) is 4.76. The molecule has 19 heavy (non-hydrogen) atoms. The molecule has 5 heteroatoms. The van der Waals surface area contributed by atoms with Gasteiger partial charge in [-0.15, -0.1) is 0 Å². The number of aryl methyl sites for hydroxylation is 2. The Labute approximate surface area is 111 Å². The van der Waals surface area contributed by atoms with Gasteiger partial charge < -0.3 is 5.11 Å². The number of nitrogens with zero attached hydrogens (tertiary/aromatic N) is 3. The fourth-order valence-electron chi connectivity index (χ4n) is 2.15. The molecule has 0 saturated heterocycles. The summed E-state index contributed by atoms with van der Waals surface area (Å²) < 4.78 is 14.7. The zero-order valence-corrected chi connectivity index (χ0v) is 11.4. The maximum absolute atomic E-state index is 12.9. The van der Waals surface area contributed by atoms with E-state index < -0.39 is 11.4 Å². The van der Waals surface area contributed by atoms with Gasteiger partial charge in [0.05, 0.1) is 17.6 Å². The van der Waals surface area contributed by atoms with Gasteiger partial charge in [0.1, 0.15) is 11.4 Å². The summed E-state index contributed by atoms with van der Waals surface area (Å²) in [5, 5.41) is 14.9. The Balaban J connectivity index is 2.27. The van der Waals surface area contributed by atoms with E-state index in [1.807, 2.05) is 24.6 Å². The highest BCUT2D eigenvalue weighted by Crippen LogP contribution is 2.24. The zero-order chi connectivity index (χ0) is 14.0. The van der Waals surface area contributed by atoms with Crippen molar-refractivity contribution in [3.05, 3.63) is 47.3 Å². The molecular weight excluding hydrogens is 245 g/mol. The van der Waals surface area contributed by atoms with E-state index >= 15 is 0 Å². The SMILES string of the molecule is CCn1nc(C)cc1CC(C)(O)c1ccc(F)cn1. The lowest BCUT2D eigenvalue weighted by Crippen LogP contribution is -2.27. The highest BCUT2D eigenvalue weighted by Gasteiger charge is 2.27. The van der Waals surface area contributed by atoms with Crippen molar-refractivity contribution in [3.8, 4) is 0 Å². The molecule has 102 valence electrons. The van der Waals surface area contributed by atoms with Crippen LogP contribution >= 0.6 is 0 Å². The second-order valence-corrected chi connectivity index (χ2v) is 4.91. The molecular formula is C14H18FN3O. The average molecular weight is 263 g/mol. The highest BCUT2D eigenvalue weighted by atomic mass is 19.1. The molecule has 1 unspecified atom stereocenters. The number of hydrogen-bond donors (Lipinski definition) is 1. The van der Waals surface area contributed by atoms with Crippen LogP contribution in [0.25, 0.3) is 0 Å². The minimum absolute atomic E-state index is 0.389. The maximum atomic E-state index is 12.9. The first-order valence-electron chi connectivity index (χ1n) is 6.30. The van der Waals surface area contributed by atoms with Gasteiger partial charge in [-0.1, -0.05) is 0 Å². The molecule has 0 fully saturated rings. The van der Waals surface area contributed by atoms with Crippen molar-refractivity contribution in [1.82, 2.24) is 14.8 Å². The van der Waals surface area contributed by atoms with E-state index in [4.69, 9.17) is 0 Å². The minimum Gasteiger partial charge on any atom is -0.383 e. The molecule has 2 aromatic rings. The molecule has 0 bridgehead atoms. The van der Waals surface area contributed by atoms with Crippen molar-refractivity contribution in [2.75, 3.05) is 0 Å². The molecule has 0 amide bonds. The molecule has 0 aliphatic rings. The normalized spacial score (nSPS) is 14.4. The average Bonchev–Trinajstić information content (AvgIpc) is 2.69. The van der Waals surface area contributed by atoms with Crippen molar-refractivity contribution in [3.63, 3.8) is 0 Å². The van der Waals surface area contributed by atoms with Gasteiger partial charge in [-0.05, 0) is 39.0 Å². The number of aromatic nitrogens is 3. The van der Waals surface area contributed by atoms with Gasteiger partial charge in [0.15, 0.2) is 0 Å². The molecule has 0 radical (unpaired) electrons. The van der Waals surface area contributed by atoms with Gasteiger partial charge in [0.2, 0.25) is 0 Å². The molecule has 1 atom stereocenters. The third kappa shape index (κ3) is 2.98. The Morgan fingerprint density at radius 3 is 2.74 bits per heavy atom. The van der Waals surface area contributed by atoms with Crippen LogP contribution in [-0.2, 0) is 18.6 Å². The molecule has 0 aliphatic heterocycles. The lowest BCUT2D eigenvalue weighted by molar-refractivity contribution is 0.0507. The number of halogens is 1. The van der Waals surface area contributed by atoms with Gasteiger partial charge in [-0.25, -0.2) is 4.39 Å². The summed E-state index contributed by atoms with van der Waals surface area (Å²) in [5.74, 6) is -0.408. The van der Waals surface area contributed by atoms with Crippen LogP contribution in [0.5, 0.6) is 0 Å². The van der Waals surface area contributed by atoms with Crippen LogP contribution in [0, 0.1) is 12.7 Å². The Bertz CT molecular complexity index is 561. The quantitative estimate of drug-likeness (QED) is 0.920. The summed E-state index contributed by atoms with van der Waals surface area (Å²) in [5.41, 5.74) is 1.17. The summed E-state index contributed by atoms with van der Waals surface area (Å²) in [6.45, 7) is 6.34. The Kier molecular flexibility index (Phi) is 3.66. The van der Waals surface area contributed by atoms with E-state index in [-0.39, 0.29) is 0 Å². The molecule has 0 saturated carbocycles. The molecule has 2 aromatic heterocycles.